The van der Waals surface area contributed by atoms with Gasteiger partial charge in [-0.3, -0.25) is 28.8 Å². The van der Waals surface area contributed by atoms with Crippen molar-refractivity contribution >= 4 is 107 Å². The average molecular weight is 1430 g/mol. The first-order valence-electron chi connectivity index (χ1n) is 32.9. The fraction of sp³-hybridized carbons (Fsp3) is 0.662. The highest BCUT2D eigenvalue weighted by Crippen LogP contribution is 2.37. The minimum absolute atomic E-state index is 0.0211. The third-order valence-electron chi connectivity index (χ3n) is 15.8. The van der Waals surface area contributed by atoms with Crippen molar-refractivity contribution in [2.45, 2.75) is 183 Å². The zero-order chi connectivity index (χ0) is 74.0. The summed E-state index contributed by atoms with van der Waals surface area (Å²) >= 11 is 30.6. The zero-order valence-electron chi connectivity index (χ0n) is 62.2. The van der Waals surface area contributed by atoms with Crippen molar-refractivity contribution in [3.8, 4) is 0 Å². The predicted octanol–water partition coefficient (Wildman–Crippen LogP) is 10.4. The second-order valence-electron chi connectivity index (χ2n) is 30.5. The molecule has 0 atom stereocenters. The maximum Gasteiger partial charge on any atom is 0.204 e. The third-order valence-corrected chi connectivity index (χ3v) is 18.0. The Morgan fingerprint density at radius 2 is 0.537 bits per heavy atom. The molecule has 0 heterocycles. The lowest BCUT2D eigenvalue weighted by molar-refractivity contribution is 0.576. The molecule has 0 aliphatic carbocycles. The molecule has 0 radical (unpaired) electrons. The van der Waals surface area contributed by atoms with Crippen LogP contribution in [0.15, 0.2) is 28.8 Å². The molecular formula is C71H118N12O6S6. The molecule has 18 nitrogen and oxygen atoms in total. The maximum absolute atomic E-state index is 11.8. The summed E-state index contributed by atoms with van der Waals surface area (Å²) in [6, 6.07) is 0. The molecule has 0 aliphatic heterocycles. The van der Waals surface area contributed by atoms with Crippen molar-refractivity contribution in [2.24, 2.45) is 17.2 Å². The van der Waals surface area contributed by atoms with Crippen LogP contribution in [0, 0.1) is 27.1 Å². The summed E-state index contributed by atoms with van der Waals surface area (Å²) in [7, 11) is 13.7. The van der Waals surface area contributed by atoms with Crippen molar-refractivity contribution in [2.75, 3.05) is 158 Å². The molecule has 0 saturated carbocycles. The van der Waals surface area contributed by atoms with Gasteiger partial charge in [-0.15, -0.1) is 0 Å². The van der Waals surface area contributed by atoms with Gasteiger partial charge in [-0.05, 0) is 105 Å². The monoisotopic (exact) mass is 1430 g/mol. The van der Waals surface area contributed by atoms with Crippen LogP contribution in [0.2, 0.25) is 0 Å². The highest BCUT2D eigenvalue weighted by molar-refractivity contribution is 7.72. The van der Waals surface area contributed by atoms with E-state index in [0.717, 1.165) is 152 Å². The van der Waals surface area contributed by atoms with E-state index >= 15 is 0 Å². The highest BCUT2D eigenvalue weighted by Gasteiger charge is 2.34. The van der Waals surface area contributed by atoms with Gasteiger partial charge in [-0.1, -0.05) is 198 Å². The summed E-state index contributed by atoms with van der Waals surface area (Å²) in [4.78, 5) is 78.4. The first-order chi connectivity index (χ1) is 43.5. The molecule has 11 N–H and O–H groups in total. The van der Waals surface area contributed by atoms with Crippen LogP contribution >= 0.6 is 73.3 Å². The molecule has 0 fully saturated rings. The van der Waals surface area contributed by atoms with Gasteiger partial charge in [0.2, 0.25) is 32.6 Å². The molecule has 534 valence electrons. The van der Waals surface area contributed by atoms with Crippen LogP contribution in [0.25, 0.3) is 0 Å². The van der Waals surface area contributed by atoms with Crippen molar-refractivity contribution in [1.29, 1.82) is 0 Å². The van der Waals surface area contributed by atoms with Gasteiger partial charge in [-0.25, -0.2) is 0 Å². The Morgan fingerprint density at radius 1 is 0.295 bits per heavy atom. The van der Waals surface area contributed by atoms with E-state index in [-0.39, 0.29) is 65.1 Å². The number of rotatable bonds is 25. The van der Waals surface area contributed by atoms with Gasteiger partial charge in [0, 0.05) is 114 Å². The molecule has 0 unspecified atom stereocenters. The van der Waals surface area contributed by atoms with Crippen molar-refractivity contribution in [3.63, 3.8) is 0 Å². The quantitative estimate of drug-likeness (QED) is 0.0196. The van der Waals surface area contributed by atoms with Gasteiger partial charge in [0.05, 0.1) is 34.1 Å². The Morgan fingerprint density at radius 3 is 0.800 bits per heavy atom. The molecule has 0 aromatic heterocycles. The minimum atomic E-state index is -0.141. The van der Waals surface area contributed by atoms with Gasteiger partial charge in [0.15, 0.2) is 0 Å². The Labute approximate surface area is 599 Å². The molecule has 0 aliphatic rings. The largest absolute Gasteiger partial charge is 0.383 e. The summed E-state index contributed by atoms with van der Waals surface area (Å²) in [6.07, 6.45) is 3.87. The summed E-state index contributed by atoms with van der Waals surface area (Å²) < 4.78 is 2.83. The molecular weight excluding hydrogens is 1310 g/mol. The second kappa shape index (κ2) is 37.7. The lowest BCUT2D eigenvalue weighted by Gasteiger charge is -2.30. The predicted molar refractivity (Wildman–Crippen MR) is 425 cm³/mol. The summed E-state index contributed by atoms with van der Waals surface area (Å²) in [6.45, 7) is 46.4. The SMILES string of the molecule is CC(C)(C)c1c(NCCCN)c(=S)c1=O.CN(CCCN)c1c(C(C)(C)C)c(=O)c1=S.CN(CCN)c1c(C(C)(C)C)c(=O)c1=S.CNCCCN(C)c1c(C(C)(C)C)c(=O)c1=S.CNCCCNc1c(C(C)(C)C)c(=O)c1=S.CNCCN(C)c1c(C(C)(C)C)c(=O)c1=S. The molecule has 0 saturated heterocycles. The Kier molecular flexibility index (Phi) is 35.1. The van der Waals surface area contributed by atoms with Gasteiger partial charge in [0.1, 0.15) is 27.1 Å². The fourth-order valence-electron chi connectivity index (χ4n) is 10.8. The summed E-state index contributed by atoms with van der Waals surface area (Å²) in [5, 5.41) is 15.8. The smallest absolute Gasteiger partial charge is 0.204 e. The number of hydrogen-bond donors (Lipinski definition) is 8. The molecule has 6 rings (SSSR count). The number of nitrogens with two attached hydrogens (primary N) is 3. The topological polar surface area (TPSA) is 254 Å². The van der Waals surface area contributed by atoms with E-state index in [4.69, 9.17) is 90.5 Å². The van der Waals surface area contributed by atoms with E-state index in [2.05, 4.69) is 62.1 Å². The van der Waals surface area contributed by atoms with Crippen LogP contribution in [0.1, 0.15) is 184 Å². The van der Waals surface area contributed by atoms with Gasteiger partial charge < -0.3 is 63.4 Å². The Balaban J connectivity index is 0.000000570. The number of likely N-dealkylation sites (N-methyl/N-ethyl adjacent to an activating group) is 3. The van der Waals surface area contributed by atoms with Crippen molar-refractivity contribution in [3.05, 3.63) is 122 Å². The van der Waals surface area contributed by atoms with Crippen LogP contribution in [0.3, 0.4) is 0 Å². The van der Waals surface area contributed by atoms with E-state index in [1.165, 1.54) is 0 Å². The first-order valence-corrected chi connectivity index (χ1v) is 35.3. The molecule has 95 heavy (non-hydrogen) atoms. The van der Waals surface area contributed by atoms with Gasteiger partial charge in [-0.2, -0.15) is 0 Å². The number of nitrogens with one attached hydrogen (secondary N) is 5. The summed E-state index contributed by atoms with van der Waals surface area (Å²) in [5.74, 6) is 0. The average Bonchev–Trinajstić information content (AvgIpc) is 0.795. The highest BCUT2D eigenvalue weighted by atomic mass is 32.1. The molecule has 6 aromatic carbocycles. The van der Waals surface area contributed by atoms with Crippen LogP contribution in [0.4, 0.5) is 34.1 Å². The lowest BCUT2D eigenvalue weighted by atomic mass is 9.82. The lowest BCUT2D eigenvalue weighted by Crippen LogP contribution is -2.37. The van der Waals surface area contributed by atoms with E-state index in [1.807, 2.05) is 158 Å². The van der Waals surface area contributed by atoms with E-state index in [9.17, 15) is 28.8 Å². The van der Waals surface area contributed by atoms with Crippen LogP contribution in [-0.4, -0.2) is 128 Å². The maximum atomic E-state index is 11.8. The Hall–Kier alpha value is -4.44. The third kappa shape index (κ3) is 23.6. The van der Waals surface area contributed by atoms with Crippen LogP contribution in [-0.2, 0) is 32.5 Å². The minimum Gasteiger partial charge on any atom is -0.383 e. The van der Waals surface area contributed by atoms with Crippen molar-refractivity contribution in [1.82, 2.24) is 16.0 Å². The molecule has 0 spiro atoms. The summed E-state index contributed by atoms with van der Waals surface area (Å²) in [5.41, 5.74) is 26.5. The van der Waals surface area contributed by atoms with Crippen LogP contribution in [0.5, 0.6) is 0 Å². The van der Waals surface area contributed by atoms with Gasteiger partial charge in [0.25, 0.3) is 0 Å². The normalized spacial score (nSPS) is 12.0. The number of anilines is 6. The molecule has 24 heteroatoms. The molecule has 0 bridgehead atoms. The van der Waals surface area contributed by atoms with E-state index in [1.54, 1.807) is 0 Å². The molecule has 6 aromatic rings. The Bertz CT molecular complexity index is 3810. The number of hydrogen-bond acceptors (Lipinski definition) is 24. The number of nitrogens with zero attached hydrogens (tertiary/aromatic N) is 4. The van der Waals surface area contributed by atoms with Crippen molar-refractivity contribution < 1.29 is 0 Å². The zero-order valence-corrected chi connectivity index (χ0v) is 67.1. The first kappa shape index (κ1) is 88.6. The van der Waals surface area contributed by atoms with Gasteiger partial charge >= 0.3 is 0 Å². The fourth-order valence-corrected chi connectivity index (χ4v) is 12.8. The van der Waals surface area contributed by atoms with E-state index in [0.29, 0.717) is 46.7 Å². The molecule has 0 amide bonds. The van der Waals surface area contributed by atoms with Crippen LogP contribution < -0.4 is 96.0 Å². The van der Waals surface area contributed by atoms with E-state index < -0.39 is 0 Å². The second-order valence-corrected chi connectivity index (χ2v) is 32.9. The standard InChI is InChI=1S/C13H22N2OS.3C12H20N2OS.2C11H18N2OS/c1-13(2,3)9-10(12(17)11(9)16)15(5)8-6-7-14-4;1-12(2,3)8-9(11(16)10(8)15)14(5)7-6-13-4;1-12(2,3)8-9(11(16)10(8)15)14(4)7-5-6-13;1-12(2,3)8-9(11(16)10(8)15)14-7-5-6-13-4;1-11(2,3)7-8(10(15)9(7)14)13(4)6-5-12;1-11(2,3)7-8(10(15)9(7)14)13-6-4-5-12/h14H,6-8H2,1-5H3;13H,6-7H2,1-5H3;5-7,13H2,1-4H3;13-14H,5-7H2,1-4H3;5-6,12H2,1-4H3;13H,4-6,12H2,1-3H3.